The van der Waals surface area contributed by atoms with Gasteiger partial charge in [0.1, 0.15) is 6.04 Å². The van der Waals surface area contributed by atoms with Gasteiger partial charge in [-0.2, -0.15) is 13.2 Å². The van der Waals surface area contributed by atoms with E-state index < -0.39 is 18.8 Å². The van der Waals surface area contributed by atoms with Gasteiger partial charge in [0.05, 0.1) is 0 Å². The molecule has 1 aliphatic rings. The topological polar surface area (TPSA) is 32.3 Å². The first-order valence-corrected chi connectivity index (χ1v) is 6.56. The minimum atomic E-state index is -4.38. The summed E-state index contributed by atoms with van der Waals surface area (Å²) in [6.45, 7) is -0.231. The maximum absolute atomic E-state index is 13.1. The molecule has 1 unspecified atom stereocenters. The third kappa shape index (κ3) is 3.86. The van der Waals surface area contributed by atoms with Crippen LogP contribution in [0.4, 0.5) is 13.2 Å². The summed E-state index contributed by atoms with van der Waals surface area (Å²) in [6, 6.07) is 5.04. The summed E-state index contributed by atoms with van der Waals surface area (Å²) >= 11 is 5.84. The Balaban J connectivity index is 2.18. The molecule has 0 aromatic heterocycles. The highest BCUT2D eigenvalue weighted by Gasteiger charge is 2.44. The number of carbonyl (C=O) groups excluding carboxylic acids is 1. The van der Waals surface area contributed by atoms with Crippen molar-refractivity contribution in [2.75, 3.05) is 13.1 Å². The number of rotatable bonds is 2. The molecule has 1 aliphatic heterocycles. The Hall–Kier alpha value is -1.27. The standard InChI is InChI=1S/C13H14ClF3N2O/c14-10-3-1-2-9(6-10)8-19-5-4-12(20)18-7-11(19)13(15,16)17/h1-3,6,11H,4-5,7-8H2,(H,18,20). The lowest BCUT2D eigenvalue weighted by Crippen LogP contribution is -2.49. The summed E-state index contributed by atoms with van der Waals surface area (Å²) in [6.07, 6.45) is -4.32. The Morgan fingerprint density at radius 1 is 1.40 bits per heavy atom. The van der Waals surface area contributed by atoms with Crippen LogP contribution in [0.25, 0.3) is 0 Å². The van der Waals surface area contributed by atoms with Crippen molar-refractivity contribution in [1.82, 2.24) is 10.2 Å². The lowest BCUT2D eigenvalue weighted by molar-refractivity contribution is -0.182. The monoisotopic (exact) mass is 306 g/mol. The molecular weight excluding hydrogens is 293 g/mol. The number of hydrogen-bond acceptors (Lipinski definition) is 2. The fourth-order valence-electron chi connectivity index (χ4n) is 2.21. The van der Waals surface area contributed by atoms with Crippen LogP contribution >= 0.6 is 11.6 Å². The van der Waals surface area contributed by atoms with Gasteiger partial charge < -0.3 is 5.32 Å². The molecule has 0 saturated carbocycles. The normalized spacial score (nSPS) is 21.4. The molecule has 1 N–H and O–H groups in total. The second kappa shape index (κ2) is 6.01. The second-order valence-electron chi connectivity index (χ2n) is 4.71. The fourth-order valence-corrected chi connectivity index (χ4v) is 2.42. The zero-order chi connectivity index (χ0) is 14.8. The first-order chi connectivity index (χ1) is 9.36. The molecule has 1 heterocycles. The number of benzene rings is 1. The van der Waals surface area contributed by atoms with Gasteiger partial charge in [0, 0.05) is 31.1 Å². The molecule has 1 amide bonds. The van der Waals surface area contributed by atoms with Gasteiger partial charge in [0.2, 0.25) is 5.91 Å². The van der Waals surface area contributed by atoms with Crippen LogP contribution in [-0.2, 0) is 11.3 Å². The van der Waals surface area contributed by atoms with E-state index in [0.29, 0.717) is 10.6 Å². The lowest BCUT2D eigenvalue weighted by atomic mass is 10.1. The van der Waals surface area contributed by atoms with Crippen LogP contribution < -0.4 is 5.32 Å². The van der Waals surface area contributed by atoms with E-state index in [1.165, 1.54) is 4.90 Å². The summed E-state index contributed by atoms with van der Waals surface area (Å²) in [5, 5.41) is 2.78. The molecule has 1 saturated heterocycles. The van der Waals surface area contributed by atoms with Crippen molar-refractivity contribution in [1.29, 1.82) is 0 Å². The number of amides is 1. The zero-order valence-electron chi connectivity index (χ0n) is 10.6. The van der Waals surface area contributed by atoms with Crippen molar-refractivity contribution in [3.05, 3.63) is 34.9 Å². The van der Waals surface area contributed by atoms with Gasteiger partial charge in [-0.25, -0.2) is 0 Å². The zero-order valence-corrected chi connectivity index (χ0v) is 11.3. The molecule has 0 bridgehead atoms. The molecular formula is C13H14ClF3N2O. The van der Waals surface area contributed by atoms with Crippen LogP contribution in [0.2, 0.25) is 5.02 Å². The minimum absolute atomic E-state index is 0.0626. The van der Waals surface area contributed by atoms with Crippen molar-refractivity contribution in [3.63, 3.8) is 0 Å². The molecule has 0 radical (unpaired) electrons. The van der Waals surface area contributed by atoms with E-state index in [1.807, 2.05) is 0 Å². The van der Waals surface area contributed by atoms with Gasteiger partial charge in [0.25, 0.3) is 0 Å². The first kappa shape index (κ1) is 15.1. The van der Waals surface area contributed by atoms with Crippen LogP contribution in [-0.4, -0.2) is 36.1 Å². The van der Waals surface area contributed by atoms with Crippen LogP contribution in [0.15, 0.2) is 24.3 Å². The largest absolute Gasteiger partial charge is 0.405 e. The van der Waals surface area contributed by atoms with Gasteiger partial charge in [-0.1, -0.05) is 23.7 Å². The number of nitrogens with zero attached hydrogens (tertiary/aromatic N) is 1. The van der Waals surface area contributed by atoms with Crippen LogP contribution in [0.5, 0.6) is 0 Å². The Kier molecular flexibility index (Phi) is 4.55. The highest BCUT2D eigenvalue weighted by molar-refractivity contribution is 6.30. The summed E-state index contributed by atoms with van der Waals surface area (Å²) in [5.41, 5.74) is 0.695. The molecule has 0 spiro atoms. The molecule has 2 rings (SSSR count). The van der Waals surface area contributed by atoms with Gasteiger partial charge >= 0.3 is 6.18 Å². The minimum Gasteiger partial charge on any atom is -0.354 e. The van der Waals surface area contributed by atoms with Crippen molar-refractivity contribution in [2.45, 2.75) is 25.2 Å². The molecule has 1 aromatic carbocycles. The predicted molar refractivity (Wildman–Crippen MR) is 69.3 cm³/mol. The van der Waals surface area contributed by atoms with Crippen molar-refractivity contribution in [3.8, 4) is 0 Å². The number of carbonyl (C=O) groups is 1. The highest BCUT2D eigenvalue weighted by atomic mass is 35.5. The molecule has 1 atom stereocenters. The third-order valence-corrected chi connectivity index (χ3v) is 3.45. The Labute approximate surface area is 119 Å². The first-order valence-electron chi connectivity index (χ1n) is 6.18. The Bertz CT molecular complexity index is 493. The van der Waals surface area contributed by atoms with Gasteiger partial charge in [-0.15, -0.1) is 0 Å². The average Bonchev–Trinajstić information content (AvgIpc) is 2.51. The van der Waals surface area contributed by atoms with E-state index in [-0.39, 0.29) is 25.4 Å². The number of hydrogen-bond donors (Lipinski definition) is 1. The molecule has 20 heavy (non-hydrogen) atoms. The van der Waals surface area contributed by atoms with E-state index in [2.05, 4.69) is 5.32 Å². The summed E-state index contributed by atoms with van der Waals surface area (Å²) in [7, 11) is 0. The van der Waals surface area contributed by atoms with E-state index in [1.54, 1.807) is 24.3 Å². The highest BCUT2D eigenvalue weighted by Crippen LogP contribution is 2.27. The van der Waals surface area contributed by atoms with Crippen LogP contribution in [0, 0.1) is 0 Å². The van der Waals surface area contributed by atoms with Crippen molar-refractivity contribution < 1.29 is 18.0 Å². The maximum Gasteiger partial charge on any atom is 0.405 e. The van der Waals surface area contributed by atoms with Gasteiger partial charge in [-0.05, 0) is 17.7 Å². The Morgan fingerprint density at radius 2 is 2.15 bits per heavy atom. The fraction of sp³-hybridized carbons (Fsp3) is 0.462. The van der Waals surface area contributed by atoms with E-state index >= 15 is 0 Å². The molecule has 3 nitrogen and oxygen atoms in total. The van der Waals surface area contributed by atoms with Crippen LogP contribution in [0.1, 0.15) is 12.0 Å². The van der Waals surface area contributed by atoms with Gasteiger partial charge in [-0.3, -0.25) is 9.69 Å². The lowest BCUT2D eigenvalue weighted by Gasteiger charge is -2.30. The molecule has 7 heteroatoms. The van der Waals surface area contributed by atoms with Crippen LogP contribution in [0.3, 0.4) is 0 Å². The number of alkyl halides is 3. The predicted octanol–water partition coefficient (Wildman–Crippen LogP) is 2.59. The van der Waals surface area contributed by atoms with Gasteiger partial charge in [0.15, 0.2) is 0 Å². The summed E-state index contributed by atoms with van der Waals surface area (Å²) < 4.78 is 39.2. The molecule has 110 valence electrons. The Morgan fingerprint density at radius 3 is 2.80 bits per heavy atom. The van der Waals surface area contributed by atoms with Crippen molar-refractivity contribution >= 4 is 17.5 Å². The number of halogens is 4. The quantitative estimate of drug-likeness (QED) is 0.911. The average molecular weight is 307 g/mol. The SMILES string of the molecule is O=C1CCN(Cc2cccc(Cl)c2)C(C(F)(F)F)CN1. The second-order valence-corrected chi connectivity index (χ2v) is 5.15. The smallest absolute Gasteiger partial charge is 0.354 e. The van der Waals surface area contributed by atoms with Crippen molar-refractivity contribution in [2.24, 2.45) is 0 Å². The van der Waals surface area contributed by atoms with E-state index in [4.69, 9.17) is 11.6 Å². The maximum atomic E-state index is 13.1. The molecule has 1 fully saturated rings. The van der Waals surface area contributed by atoms with E-state index in [0.717, 1.165) is 0 Å². The third-order valence-electron chi connectivity index (χ3n) is 3.21. The summed E-state index contributed by atoms with van der Waals surface area (Å²) in [4.78, 5) is 12.5. The van der Waals surface area contributed by atoms with E-state index in [9.17, 15) is 18.0 Å². The summed E-state index contributed by atoms with van der Waals surface area (Å²) in [5.74, 6) is -0.354. The molecule has 1 aromatic rings. The number of nitrogens with one attached hydrogen (secondary N) is 1. The molecule has 0 aliphatic carbocycles.